The molecule has 0 radical (unpaired) electrons. The third-order valence-corrected chi connectivity index (χ3v) is 3.27. The number of aliphatic hydroxyl groups is 1. The van der Waals surface area contributed by atoms with Gasteiger partial charge in [-0.15, -0.1) is 0 Å². The van der Waals surface area contributed by atoms with E-state index in [1.807, 2.05) is 6.92 Å². The number of carbonyl (C=O) groups is 1. The highest BCUT2D eigenvalue weighted by Crippen LogP contribution is 2.15. The van der Waals surface area contributed by atoms with Gasteiger partial charge in [0.25, 0.3) is 5.91 Å². The Morgan fingerprint density at radius 2 is 2.20 bits per heavy atom. The number of benzene rings is 1. The lowest BCUT2D eigenvalue weighted by molar-refractivity contribution is -0.148. The van der Waals surface area contributed by atoms with Gasteiger partial charge in [0.2, 0.25) is 0 Å². The summed E-state index contributed by atoms with van der Waals surface area (Å²) < 4.78 is 10.8. The topological polar surface area (TPSA) is 85.0 Å². The van der Waals surface area contributed by atoms with Gasteiger partial charge in [-0.2, -0.15) is 0 Å². The van der Waals surface area contributed by atoms with Crippen molar-refractivity contribution in [3.05, 3.63) is 24.3 Å². The van der Waals surface area contributed by atoms with Gasteiger partial charge >= 0.3 is 0 Å². The number of rotatable bonds is 4. The maximum absolute atomic E-state index is 12.1. The number of amides is 1. The van der Waals surface area contributed by atoms with Crippen molar-refractivity contribution in [1.82, 2.24) is 4.90 Å². The third kappa shape index (κ3) is 3.61. The molecule has 1 aliphatic heterocycles. The van der Waals surface area contributed by atoms with E-state index in [4.69, 9.17) is 20.3 Å². The van der Waals surface area contributed by atoms with Crippen LogP contribution < -0.4 is 10.5 Å². The minimum atomic E-state index is -0.313. The monoisotopic (exact) mass is 280 g/mol. The van der Waals surface area contributed by atoms with Crippen LogP contribution in [0.4, 0.5) is 5.69 Å². The van der Waals surface area contributed by atoms with Gasteiger partial charge in [-0.25, -0.2) is 0 Å². The summed E-state index contributed by atoms with van der Waals surface area (Å²) in [6, 6.07) is 6.88. The van der Waals surface area contributed by atoms with Crippen molar-refractivity contribution in [1.29, 1.82) is 0 Å². The van der Waals surface area contributed by atoms with Crippen LogP contribution >= 0.6 is 0 Å². The summed E-state index contributed by atoms with van der Waals surface area (Å²) in [6.07, 6.45) is -0.313. The zero-order chi connectivity index (χ0) is 14.5. The number of morpholine rings is 1. The molecule has 1 aromatic rings. The number of nitrogen functional groups attached to an aromatic ring is 1. The SMILES string of the molecule is CC1COC(CO)CN1C(=O)COc1ccc(N)cc1. The van der Waals surface area contributed by atoms with E-state index in [1.54, 1.807) is 29.2 Å². The fraction of sp³-hybridized carbons (Fsp3) is 0.500. The molecule has 3 N–H and O–H groups in total. The van der Waals surface area contributed by atoms with Crippen molar-refractivity contribution in [3.63, 3.8) is 0 Å². The first-order valence-electron chi connectivity index (χ1n) is 6.60. The second kappa shape index (κ2) is 6.58. The number of aliphatic hydroxyl groups excluding tert-OH is 1. The normalized spacial score (nSPS) is 22.6. The van der Waals surface area contributed by atoms with E-state index >= 15 is 0 Å². The highest BCUT2D eigenvalue weighted by molar-refractivity contribution is 5.78. The van der Waals surface area contributed by atoms with Crippen molar-refractivity contribution in [2.45, 2.75) is 19.1 Å². The molecule has 2 atom stereocenters. The van der Waals surface area contributed by atoms with E-state index < -0.39 is 0 Å². The summed E-state index contributed by atoms with van der Waals surface area (Å²) >= 11 is 0. The van der Waals surface area contributed by atoms with Crippen LogP contribution in [-0.2, 0) is 9.53 Å². The number of ether oxygens (including phenoxy) is 2. The van der Waals surface area contributed by atoms with Crippen LogP contribution in [0.25, 0.3) is 0 Å². The lowest BCUT2D eigenvalue weighted by atomic mass is 10.2. The lowest BCUT2D eigenvalue weighted by Crippen LogP contribution is -2.53. The fourth-order valence-electron chi connectivity index (χ4n) is 2.07. The van der Waals surface area contributed by atoms with Crippen LogP contribution in [0.15, 0.2) is 24.3 Å². The van der Waals surface area contributed by atoms with Crippen LogP contribution in [0, 0.1) is 0 Å². The van der Waals surface area contributed by atoms with E-state index in [0.29, 0.717) is 24.6 Å². The smallest absolute Gasteiger partial charge is 0.260 e. The predicted octanol–water partition coefficient (Wildman–Crippen LogP) is 0.256. The van der Waals surface area contributed by atoms with E-state index in [2.05, 4.69) is 0 Å². The van der Waals surface area contributed by atoms with Crippen molar-refractivity contribution in [2.24, 2.45) is 0 Å². The second-order valence-electron chi connectivity index (χ2n) is 4.89. The molecular formula is C14H20N2O4. The summed E-state index contributed by atoms with van der Waals surface area (Å²) in [5.74, 6) is 0.489. The molecule has 1 fully saturated rings. The predicted molar refractivity (Wildman–Crippen MR) is 74.4 cm³/mol. The molecule has 6 nitrogen and oxygen atoms in total. The maximum Gasteiger partial charge on any atom is 0.260 e. The number of carbonyl (C=O) groups excluding carboxylic acids is 1. The summed E-state index contributed by atoms with van der Waals surface area (Å²) in [4.78, 5) is 13.8. The lowest BCUT2D eigenvalue weighted by Gasteiger charge is -2.37. The minimum absolute atomic E-state index is 0.0136. The molecular weight excluding hydrogens is 260 g/mol. The Balaban J connectivity index is 1.88. The summed E-state index contributed by atoms with van der Waals surface area (Å²) in [5, 5.41) is 9.10. The number of anilines is 1. The molecule has 0 aromatic heterocycles. The Morgan fingerprint density at radius 1 is 1.50 bits per heavy atom. The highest BCUT2D eigenvalue weighted by Gasteiger charge is 2.29. The molecule has 0 bridgehead atoms. The number of hydrogen-bond donors (Lipinski definition) is 2. The van der Waals surface area contributed by atoms with Gasteiger partial charge in [0, 0.05) is 12.2 Å². The van der Waals surface area contributed by atoms with Gasteiger partial charge in [-0.3, -0.25) is 4.79 Å². The Kier molecular flexibility index (Phi) is 4.81. The fourth-order valence-corrected chi connectivity index (χ4v) is 2.07. The largest absolute Gasteiger partial charge is 0.484 e. The molecule has 1 aromatic carbocycles. The molecule has 2 rings (SSSR count). The Morgan fingerprint density at radius 3 is 2.85 bits per heavy atom. The van der Waals surface area contributed by atoms with Crippen molar-refractivity contribution >= 4 is 11.6 Å². The van der Waals surface area contributed by atoms with E-state index in [-0.39, 0.29) is 31.3 Å². The molecule has 2 unspecified atom stereocenters. The molecule has 1 saturated heterocycles. The van der Waals surface area contributed by atoms with Crippen molar-refractivity contribution in [2.75, 3.05) is 32.1 Å². The molecule has 1 amide bonds. The quantitative estimate of drug-likeness (QED) is 0.773. The molecule has 1 heterocycles. The zero-order valence-electron chi connectivity index (χ0n) is 11.5. The van der Waals surface area contributed by atoms with Gasteiger partial charge in [0.15, 0.2) is 6.61 Å². The molecule has 20 heavy (non-hydrogen) atoms. The molecule has 0 spiro atoms. The van der Waals surface area contributed by atoms with Crippen LogP contribution in [0.5, 0.6) is 5.75 Å². The number of hydrogen-bond acceptors (Lipinski definition) is 5. The van der Waals surface area contributed by atoms with Crippen molar-refractivity contribution < 1.29 is 19.4 Å². The third-order valence-electron chi connectivity index (χ3n) is 3.27. The minimum Gasteiger partial charge on any atom is -0.484 e. The number of nitrogens with two attached hydrogens (primary N) is 1. The Hall–Kier alpha value is -1.79. The molecule has 110 valence electrons. The summed E-state index contributed by atoms with van der Waals surface area (Å²) in [6.45, 7) is 2.61. The first-order valence-corrected chi connectivity index (χ1v) is 6.60. The molecule has 1 aliphatic rings. The first kappa shape index (κ1) is 14.6. The van der Waals surface area contributed by atoms with Gasteiger partial charge in [0.05, 0.1) is 25.4 Å². The van der Waals surface area contributed by atoms with Crippen LogP contribution in [0.1, 0.15) is 6.92 Å². The van der Waals surface area contributed by atoms with Crippen LogP contribution in [0.2, 0.25) is 0 Å². The van der Waals surface area contributed by atoms with Gasteiger partial charge in [-0.1, -0.05) is 0 Å². The average molecular weight is 280 g/mol. The van der Waals surface area contributed by atoms with Gasteiger partial charge < -0.3 is 25.2 Å². The van der Waals surface area contributed by atoms with Crippen LogP contribution in [0.3, 0.4) is 0 Å². The standard InChI is InChI=1S/C14H20N2O4/c1-10-8-19-13(7-17)6-16(10)14(18)9-20-12-4-2-11(15)3-5-12/h2-5,10,13,17H,6-9,15H2,1H3. The number of nitrogens with zero attached hydrogens (tertiary/aromatic N) is 1. The summed E-state index contributed by atoms with van der Waals surface area (Å²) in [7, 11) is 0. The molecule has 0 aliphatic carbocycles. The van der Waals surface area contributed by atoms with E-state index in [9.17, 15) is 4.79 Å². The highest BCUT2D eigenvalue weighted by atomic mass is 16.5. The maximum atomic E-state index is 12.1. The van der Waals surface area contributed by atoms with E-state index in [0.717, 1.165) is 0 Å². The second-order valence-corrected chi connectivity index (χ2v) is 4.89. The van der Waals surface area contributed by atoms with Crippen molar-refractivity contribution in [3.8, 4) is 5.75 Å². The Labute approximate surface area is 118 Å². The van der Waals surface area contributed by atoms with Gasteiger partial charge in [-0.05, 0) is 31.2 Å². The molecule has 0 saturated carbocycles. The first-order chi connectivity index (χ1) is 9.60. The summed E-state index contributed by atoms with van der Waals surface area (Å²) in [5.41, 5.74) is 6.23. The average Bonchev–Trinajstić information content (AvgIpc) is 2.47. The van der Waals surface area contributed by atoms with Gasteiger partial charge in [0.1, 0.15) is 5.75 Å². The zero-order valence-corrected chi connectivity index (χ0v) is 11.5. The Bertz CT molecular complexity index is 449. The van der Waals surface area contributed by atoms with E-state index in [1.165, 1.54) is 0 Å². The molecule has 6 heteroatoms. The van der Waals surface area contributed by atoms with Crippen LogP contribution in [-0.4, -0.2) is 54.4 Å².